The first-order valence-electron chi connectivity index (χ1n) is 9.08. The van der Waals surface area contributed by atoms with Gasteiger partial charge in [-0.15, -0.1) is 0 Å². The average Bonchev–Trinajstić information content (AvgIpc) is 3.21. The Morgan fingerprint density at radius 2 is 1.91 bits per heavy atom. The van der Waals surface area contributed by atoms with Gasteiger partial charge in [-0.1, -0.05) is 46.7 Å². The molecule has 0 aliphatic heterocycles. The maximum atomic E-state index is 13.1. The van der Waals surface area contributed by atoms with E-state index in [-0.39, 0.29) is 15.9 Å². The third-order valence-corrected chi connectivity index (χ3v) is 6.70. The van der Waals surface area contributed by atoms with Gasteiger partial charge in [0.15, 0.2) is 11.3 Å². The molecular formula is C21H11Cl2N3O4S2. The summed E-state index contributed by atoms with van der Waals surface area (Å²) in [6, 6.07) is 12.1. The number of thiazole rings is 1. The minimum absolute atomic E-state index is 0.0750. The van der Waals surface area contributed by atoms with E-state index in [1.54, 1.807) is 36.4 Å². The highest BCUT2D eigenvalue weighted by atomic mass is 35.5. The van der Waals surface area contributed by atoms with Gasteiger partial charge in [0.05, 0.1) is 22.3 Å². The van der Waals surface area contributed by atoms with Gasteiger partial charge in [-0.05, 0) is 36.5 Å². The average molecular weight is 504 g/mol. The zero-order chi connectivity index (χ0) is 22.4. The number of nitrogens with zero attached hydrogens (tertiary/aromatic N) is 3. The lowest BCUT2D eigenvalue weighted by Crippen LogP contribution is -2.20. The van der Waals surface area contributed by atoms with Crippen molar-refractivity contribution >= 4 is 68.1 Å². The standard InChI is InChI=1S/C21H11Cl2N3O4S2/c1-28-14-8-9-24-16-17(14)30-21(31)26(19(16)27)20-25-11-6-7-13(15(23)18(11)32-20)29-12-5-3-2-4-10(12)22/h2-9H,1H3. The molecule has 0 radical (unpaired) electrons. The van der Waals surface area contributed by atoms with Crippen LogP contribution in [-0.4, -0.2) is 21.6 Å². The van der Waals surface area contributed by atoms with E-state index >= 15 is 0 Å². The van der Waals surface area contributed by atoms with Crippen LogP contribution in [0.5, 0.6) is 17.2 Å². The number of halogens is 2. The van der Waals surface area contributed by atoms with E-state index in [1.807, 2.05) is 6.07 Å². The van der Waals surface area contributed by atoms with Crippen LogP contribution in [0.3, 0.4) is 0 Å². The largest absolute Gasteiger partial charge is 0.493 e. The van der Waals surface area contributed by atoms with Gasteiger partial charge in [0.1, 0.15) is 16.5 Å². The molecule has 160 valence electrons. The summed E-state index contributed by atoms with van der Waals surface area (Å²) >= 11 is 19.3. The maximum absolute atomic E-state index is 13.1. The van der Waals surface area contributed by atoms with Gasteiger partial charge in [-0.2, -0.15) is 0 Å². The highest BCUT2D eigenvalue weighted by Gasteiger charge is 2.19. The van der Waals surface area contributed by atoms with Crippen LogP contribution in [0.1, 0.15) is 0 Å². The summed E-state index contributed by atoms with van der Waals surface area (Å²) in [5.74, 6) is 1.24. The smallest absolute Gasteiger partial charge is 0.290 e. The number of para-hydroxylation sites is 1. The van der Waals surface area contributed by atoms with Gasteiger partial charge in [0, 0.05) is 12.3 Å². The summed E-state index contributed by atoms with van der Waals surface area (Å²) in [6.45, 7) is 0. The monoisotopic (exact) mass is 503 g/mol. The van der Waals surface area contributed by atoms with Crippen LogP contribution in [-0.2, 0) is 0 Å². The Kier molecular flexibility index (Phi) is 5.34. The highest BCUT2D eigenvalue weighted by molar-refractivity contribution is 7.71. The number of methoxy groups -OCH3 is 1. The van der Waals surface area contributed by atoms with E-state index in [4.69, 9.17) is 49.3 Å². The van der Waals surface area contributed by atoms with Crippen molar-refractivity contribution < 1.29 is 13.9 Å². The summed E-state index contributed by atoms with van der Waals surface area (Å²) in [4.78, 5) is 21.7. The van der Waals surface area contributed by atoms with Crippen molar-refractivity contribution in [1.29, 1.82) is 0 Å². The fourth-order valence-electron chi connectivity index (χ4n) is 3.08. The molecule has 0 fully saturated rings. The van der Waals surface area contributed by atoms with Gasteiger partial charge in [0.25, 0.3) is 10.4 Å². The first-order chi connectivity index (χ1) is 15.5. The summed E-state index contributed by atoms with van der Waals surface area (Å²) in [5, 5.41) is 1.08. The van der Waals surface area contributed by atoms with Crippen molar-refractivity contribution in [2.75, 3.05) is 7.11 Å². The second-order valence-electron chi connectivity index (χ2n) is 6.45. The second kappa shape index (κ2) is 8.18. The molecule has 7 nitrogen and oxygen atoms in total. The lowest BCUT2D eigenvalue weighted by atomic mass is 10.3. The van der Waals surface area contributed by atoms with Gasteiger partial charge >= 0.3 is 0 Å². The van der Waals surface area contributed by atoms with Crippen molar-refractivity contribution in [2.45, 2.75) is 0 Å². The minimum atomic E-state index is -0.474. The van der Waals surface area contributed by atoms with E-state index in [0.717, 1.165) is 0 Å². The predicted octanol–water partition coefficient (Wildman–Crippen LogP) is 6.43. The SMILES string of the molecule is COc1ccnc2c(=O)n(-c3nc4ccc(Oc5ccccc5Cl)c(Cl)c4s3)c(=S)oc12. The molecule has 0 aliphatic carbocycles. The summed E-state index contributed by atoms with van der Waals surface area (Å²) in [6.07, 6.45) is 1.46. The van der Waals surface area contributed by atoms with Crippen molar-refractivity contribution in [3.05, 3.63) is 73.9 Å². The molecule has 0 atom stereocenters. The van der Waals surface area contributed by atoms with Crippen molar-refractivity contribution in [2.24, 2.45) is 0 Å². The Bertz CT molecular complexity index is 1630. The van der Waals surface area contributed by atoms with Crippen LogP contribution in [0.25, 0.3) is 26.4 Å². The quantitative estimate of drug-likeness (QED) is 0.261. The number of pyridine rings is 1. The van der Waals surface area contributed by atoms with E-state index < -0.39 is 5.56 Å². The van der Waals surface area contributed by atoms with Crippen molar-refractivity contribution in [1.82, 2.24) is 14.5 Å². The minimum Gasteiger partial charge on any atom is -0.493 e. The van der Waals surface area contributed by atoms with E-state index in [9.17, 15) is 4.79 Å². The Balaban J connectivity index is 1.66. The summed E-state index contributed by atoms with van der Waals surface area (Å²) in [7, 11) is 1.47. The Hall–Kier alpha value is -2.98. The molecule has 5 aromatic rings. The maximum Gasteiger partial charge on any atom is 0.290 e. The molecule has 0 spiro atoms. The number of aromatic nitrogens is 3. The Labute approximate surface area is 199 Å². The van der Waals surface area contributed by atoms with Gasteiger partial charge in [0.2, 0.25) is 10.7 Å². The lowest BCUT2D eigenvalue weighted by molar-refractivity contribution is 0.404. The Morgan fingerprint density at radius 3 is 2.69 bits per heavy atom. The molecule has 0 amide bonds. The molecule has 0 saturated heterocycles. The van der Waals surface area contributed by atoms with Crippen LogP contribution >= 0.6 is 46.8 Å². The number of fused-ring (bicyclic) bond motifs is 2. The van der Waals surface area contributed by atoms with Crippen LogP contribution in [0.2, 0.25) is 10.0 Å². The van der Waals surface area contributed by atoms with Crippen LogP contribution in [0, 0.1) is 4.84 Å². The molecule has 3 aromatic heterocycles. The van der Waals surface area contributed by atoms with E-state index in [1.165, 1.54) is 29.2 Å². The topological polar surface area (TPSA) is 79.4 Å². The molecule has 0 aliphatic rings. The lowest BCUT2D eigenvalue weighted by Gasteiger charge is -2.08. The van der Waals surface area contributed by atoms with Crippen LogP contribution < -0.4 is 15.0 Å². The normalized spacial score (nSPS) is 11.2. The Morgan fingerprint density at radius 1 is 1.09 bits per heavy atom. The molecule has 11 heteroatoms. The predicted molar refractivity (Wildman–Crippen MR) is 127 cm³/mol. The number of rotatable bonds is 4. The molecule has 2 aromatic carbocycles. The van der Waals surface area contributed by atoms with Gasteiger partial charge in [-0.25, -0.2) is 14.5 Å². The molecule has 3 heterocycles. The van der Waals surface area contributed by atoms with Crippen molar-refractivity contribution in [3.8, 4) is 22.4 Å². The first-order valence-corrected chi connectivity index (χ1v) is 11.1. The summed E-state index contributed by atoms with van der Waals surface area (Å²) < 4.78 is 18.6. The van der Waals surface area contributed by atoms with Crippen LogP contribution in [0.15, 0.2) is 57.9 Å². The molecule has 0 bridgehead atoms. The fourth-order valence-corrected chi connectivity index (χ4v) is 4.87. The molecule has 0 saturated carbocycles. The molecular weight excluding hydrogens is 493 g/mol. The molecule has 0 unspecified atom stereocenters. The highest BCUT2D eigenvalue weighted by Crippen LogP contribution is 2.40. The van der Waals surface area contributed by atoms with E-state index in [2.05, 4.69) is 9.97 Å². The zero-order valence-corrected chi connectivity index (χ0v) is 19.3. The molecule has 5 rings (SSSR count). The number of benzene rings is 2. The molecule has 32 heavy (non-hydrogen) atoms. The zero-order valence-electron chi connectivity index (χ0n) is 16.2. The number of hydrogen-bond acceptors (Lipinski definition) is 8. The second-order valence-corrected chi connectivity index (χ2v) is 8.57. The number of ether oxygens (including phenoxy) is 2. The van der Waals surface area contributed by atoms with Gasteiger partial charge in [-0.3, -0.25) is 4.79 Å². The van der Waals surface area contributed by atoms with Gasteiger partial charge < -0.3 is 13.9 Å². The van der Waals surface area contributed by atoms with E-state index in [0.29, 0.717) is 42.6 Å². The number of hydrogen-bond donors (Lipinski definition) is 0. The summed E-state index contributed by atoms with van der Waals surface area (Å²) in [5.41, 5.74) is 0.348. The fraction of sp³-hybridized carbons (Fsp3) is 0.0476. The third kappa shape index (κ3) is 3.43. The van der Waals surface area contributed by atoms with Crippen LogP contribution in [0.4, 0.5) is 0 Å². The first kappa shape index (κ1) is 20.9. The molecule has 0 N–H and O–H groups in total. The third-order valence-electron chi connectivity index (χ3n) is 4.56. The van der Waals surface area contributed by atoms with Crippen molar-refractivity contribution in [3.63, 3.8) is 0 Å².